The zero-order chi connectivity index (χ0) is 17.6. The Labute approximate surface area is 145 Å². The summed E-state index contributed by atoms with van der Waals surface area (Å²) in [4.78, 5) is 29.6. The smallest absolute Gasteiger partial charge is 0.212 e. The average Bonchev–Trinajstić information content (AvgIpc) is 2.61. The second kappa shape index (κ2) is 5.67. The zero-order valence-electron chi connectivity index (χ0n) is 14.0. The lowest BCUT2D eigenvalue weighted by atomic mass is 9.86. The fraction of sp³-hybridized carbons (Fsp3) is 0.0952. The molecule has 0 atom stereocenters. The van der Waals surface area contributed by atoms with Crippen molar-refractivity contribution in [1.82, 2.24) is 4.98 Å². The third kappa shape index (κ3) is 2.62. The third-order valence-electron chi connectivity index (χ3n) is 4.33. The zero-order valence-corrected chi connectivity index (χ0v) is 14.0. The first-order valence-corrected chi connectivity index (χ1v) is 8.07. The number of aromatic nitrogens is 1. The summed E-state index contributed by atoms with van der Waals surface area (Å²) in [5.41, 5.74) is 5.18. The van der Waals surface area contributed by atoms with Crippen LogP contribution in [0.3, 0.4) is 0 Å². The number of carbonyl (C=O) groups is 2. The second-order valence-electron chi connectivity index (χ2n) is 6.32. The lowest BCUT2D eigenvalue weighted by molar-refractivity contribution is 0.0975. The maximum atomic E-state index is 12.8. The molecular weight excluding hydrogens is 312 g/mol. The number of carbonyl (C=O) groups excluding carboxylic acids is 2. The van der Waals surface area contributed by atoms with Gasteiger partial charge in [-0.15, -0.1) is 0 Å². The predicted molar refractivity (Wildman–Crippen MR) is 96.7 cm³/mol. The number of hydrogen-bond acceptors (Lipinski definition) is 4. The molecule has 4 heteroatoms. The summed E-state index contributed by atoms with van der Waals surface area (Å²) in [7, 11) is 0. The van der Waals surface area contributed by atoms with Gasteiger partial charge in [0.1, 0.15) is 5.69 Å². The summed E-state index contributed by atoms with van der Waals surface area (Å²) < 4.78 is 0. The van der Waals surface area contributed by atoms with Crippen molar-refractivity contribution in [3.63, 3.8) is 0 Å². The molecule has 1 aliphatic carbocycles. The minimum Gasteiger partial charge on any atom is -0.356 e. The molecule has 1 N–H and O–H groups in total. The van der Waals surface area contributed by atoms with Crippen LogP contribution < -0.4 is 5.32 Å². The maximum Gasteiger partial charge on any atom is 0.212 e. The summed E-state index contributed by atoms with van der Waals surface area (Å²) >= 11 is 0. The summed E-state index contributed by atoms with van der Waals surface area (Å²) in [5.74, 6) is -0.361. The molecule has 0 unspecified atom stereocenters. The van der Waals surface area contributed by atoms with E-state index in [9.17, 15) is 9.59 Å². The van der Waals surface area contributed by atoms with Gasteiger partial charge < -0.3 is 5.32 Å². The molecule has 0 aliphatic heterocycles. The van der Waals surface area contributed by atoms with E-state index in [2.05, 4.69) is 10.3 Å². The average molecular weight is 328 g/mol. The Bertz CT molecular complexity index is 1020. The van der Waals surface area contributed by atoms with Crippen molar-refractivity contribution in [1.29, 1.82) is 0 Å². The number of pyridine rings is 1. The van der Waals surface area contributed by atoms with E-state index < -0.39 is 0 Å². The minimum atomic E-state index is -0.202. The fourth-order valence-electron chi connectivity index (χ4n) is 3.01. The van der Waals surface area contributed by atoms with Crippen LogP contribution in [0.1, 0.15) is 43.1 Å². The standard InChI is InChI=1S/C21H16N2O2/c1-12-3-5-14(6-4-12)23-15-7-8-16-17(10-15)20(24)18-9-13(2)11-22-19(18)21(16)25/h3-11,23H,1-2H3. The van der Waals surface area contributed by atoms with Crippen molar-refractivity contribution < 1.29 is 9.59 Å². The minimum absolute atomic E-state index is 0.159. The Hall–Kier alpha value is -3.27. The molecule has 0 spiro atoms. The van der Waals surface area contributed by atoms with Crippen LogP contribution in [0.15, 0.2) is 54.7 Å². The molecule has 1 aliphatic rings. The molecule has 122 valence electrons. The molecule has 25 heavy (non-hydrogen) atoms. The van der Waals surface area contributed by atoms with Crippen molar-refractivity contribution in [2.75, 3.05) is 5.32 Å². The molecule has 4 nitrogen and oxygen atoms in total. The molecule has 0 amide bonds. The topological polar surface area (TPSA) is 59.1 Å². The highest BCUT2D eigenvalue weighted by atomic mass is 16.1. The van der Waals surface area contributed by atoms with E-state index in [4.69, 9.17) is 0 Å². The van der Waals surface area contributed by atoms with Crippen LogP contribution in [0.4, 0.5) is 11.4 Å². The fourth-order valence-corrected chi connectivity index (χ4v) is 3.01. The van der Waals surface area contributed by atoms with E-state index in [0.717, 1.165) is 16.9 Å². The van der Waals surface area contributed by atoms with Gasteiger partial charge in [-0.05, 0) is 55.8 Å². The Morgan fingerprint density at radius 1 is 0.720 bits per heavy atom. The SMILES string of the molecule is Cc1ccc(Nc2ccc3c(c2)C(=O)c2cc(C)cnc2C3=O)cc1. The summed E-state index contributed by atoms with van der Waals surface area (Å²) in [6.07, 6.45) is 1.61. The third-order valence-corrected chi connectivity index (χ3v) is 4.33. The van der Waals surface area contributed by atoms with Gasteiger partial charge in [-0.1, -0.05) is 17.7 Å². The van der Waals surface area contributed by atoms with Crippen LogP contribution in [0.2, 0.25) is 0 Å². The number of benzene rings is 2. The summed E-state index contributed by atoms with van der Waals surface area (Å²) in [5, 5.41) is 3.27. The summed E-state index contributed by atoms with van der Waals surface area (Å²) in [6, 6.07) is 14.9. The van der Waals surface area contributed by atoms with Crippen LogP contribution in [0.25, 0.3) is 0 Å². The van der Waals surface area contributed by atoms with Gasteiger partial charge in [0, 0.05) is 28.7 Å². The highest BCUT2D eigenvalue weighted by Gasteiger charge is 2.31. The molecule has 3 aromatic rings. The number of nitrogens with zero attached hydrogens (tertiary/aromatic N) is 1. The van der Waals surface area contributed by atoms with Gasteiger partial charge in [0.05, 0.1) is 5.56 Å². The molecule has 1 aromatic heterocycles. The van der Waals surface area contributed by atoms with E-state index in [1.807, 2.05) is 44.2 Å². The van der Waals surface area contributed by atoms with Gasteiger partial charge in [-0.3, -0.25) is 14.6 Å². The van der Waals surface area contributed by atoms with Crippen molar-refractivity contribution >= 4 is 22.9 Å². The first-order valence-electron chi connectivity index (χ1n) is 8.07. The molecule has 4 rings (SSSR count). The van der Waals surface area contributed by atoms with Crippen LogP contribution in [-0.4, -0.2) is 16.6 Å². The lowest BCUT2D eigenvalue weighted by Crippen LogP contribution is -2.22. The number of ketones is 2. The number of nitrogens with one attached hydrogen (secondary N) is 1. The maximum absolute atomic E-state index is 12.8. The first-order chi connectivity index (χ1) is 12.0. The quantitative estimate of drug-likeness (QED) is 0.598. The van der Waals surface area contributed by atoms with Crippen LogP contribution in [0.5, 0.6) is 0 Å². The van der Waals surface area contributed by atoms with E-state index in [0.29, 0.717) is 16.7 Å². The van der Waals surface area contributed by atoms with E-state index in [-0.39, 0.29) is 17.3 Å². The van der Waals surface area contributed by atoms with Gasteiger partial charge in [-0.2, -0.15) is 0 Å². The number of hydrogen-bond donors (Lipinski definition) is 1. The van der Waals surface area contributed by atoms with Gasteiger partial charge >= 0.3 is 0 Å². The number of fused-ring (bicyclic) bond motifs is 2. The molecule has 0 bridgehead atoms. The number of rotatable bonds is 2. The van der Waals surface area contributed by atoms with Gasteiger partial charge in [-0.25, -0.2) is 0 Å². The second-order valence-corrected chi connectivity index (χ2v) is 6.32. The van der Waals surface area contributed by atoms with Gasteiger partial charge in [0.25, 0.3) is 0 Å². The normalized spacial score (nSPS) is 12.6. The number of anilines is 2. The van der Waals surface area contributed by atoms with Crippen molar-refractivity contribution in [3.8, 4) is 0 Å². The Morgan fingerprint density at radius 3 is 2.20 bits per heavy atom. The molecule has 2 aromatic carbocycles. The predicted octanol–water partition coefficient (Wildman–Crippen LogP) is 4.22. The molecule has 1 heterocycles. The van der Waals surface area contributed by atoms with E-state index >= 15 is 0 Å². The molecule has 0 fully saturated rings. The Kier molecular flexibility index (Phi) is 3.46. The van der Waals surface area contributed by atoms with Crippen molar-refractivity contribution in [3.05, 3.63) is 88.2 Å². The van der Waals surface area contributed by atoms with Crippen LogP contribution in [0, 0.1) is 13.8 Å². The molecular formula is C21H16N2O2. The lowest BCUT2D eigenvalue weighted by Gasteiger charge is -2.18. The monoisotopic (exact) mass is 328 g/mol. The number of aryl methyl sites for hydroxylation is 2. The van der Waals surface area contributed by atoms with Gasteiger partial charge in [0.2, 0.25) is 5.78 Å². The van der Waals surface area contributed by atoms with Gasteiger partial charge in [0.15, 0.2) is 5.78 Å². The highest BCUT2D eigenvalue weighted by Crippen LogP contribution is 2.29. The van der Waals surface area contributed by atoms with Crippen LogP contribution in [-0.2, 0) is 0 Å². The molecule has 0 radical (unpaired) electrons. The van der Waals surface area contributed by atoms with Crippen molar-refractivity contribution in [2.45, 2.75) is 13.8 Å². The molecule has 0 saturated heterocycles. The van der Waals surface area contributed by atoms with E-state index in [1.54, 1.807) is 24.4 Å². The first kappa shape index (κ1) is 15.3. The van der Waals surface area contributed by atoms with Crippen LogP contribution >= 0.6 is 0 Å². The van der Waals surface area contributed by atoms with E-state index in [1.165, 1.54) is 5.56 Å². The highest BCUT2D eigenvalue weighted by molar-refractivity contribution is 6.27. The summed E-state index contributed by atoms with van der Waals surface area (Å²) in [6.45, 7) is 3.89. The molecule has 0 saturated carbocycles. The largest absolute Gasteiger partial charge is 0.356 e. The van der Waals surface area contributed by atoms with Crippen molar-refractivity contribution in [2.24, 2.45) is 0 Å². The Morgan fingerprint density at radius 2 is 1.44 bits per heavy atom. The Balaban J connectivity index is 1.75.